The second-order valence-corrected chi connectivity index (χ2v) is 13.4. The maximum Gasteiger partial charge on any atom is 0.322 e. The van der Waals surface area contributed by atoms with Gasteiger partial charge >= 0.3 is 12.0 Å². The van der Waals surface area contributed by atoms with E-state index < -0.39 is 17.4 Å². The molecule has 0 aromatic heterocycles. The fourth-order valence-corrected chi connectivity index (χ4v) is 6.91. The highest BCUT2D eigenvalue weighted by atomic mass is 35.5. The maximum atomic E-state index is 13.5. The van der Waals surface area contributed by atoms with Crippen molar-refractivity contribution < 1.29 is 19.4 Å². The van der Waals surface area contributed by atoms with Gasteiger partial charge in [0.15, 0.2) is 0 Å². The first-order valence-corrected chi connectivity index (χ1v) is 14.0. The molecule has 0 bridgehead atoms. The van der Waals surface area contributed by atoms with Gasteiger partial charge in [-0.1, -0.05) is 51.4 Å². The molecule has 3 aliphatic rings. The van der Waals surface area contributed by atoms with Gasteiger partial charge in [0.05, 0.1) is 18.1 Å². The number of halogens is 1. The van der Waals surface area contributed by atoms with Crippen LogP contribution < -0.4 is 5.32 Å². The zero-order chi connectivity index (χ0) is 27.1. The molecular weight excluding hydrogens is 488 g/mol. The molecular formula is C30H43ClN2O4. The Bertz CT molecular complexity index is 1060. The van der Waals surface area contributed by atoms with Crippen LogP contribution in [-0.2, 0) is 16.0 Å². The van der Waals surface area contributed by atoms with Gasteiger partial charge in [-0.15, -0.1) is 0 Å². The standard InChI is InChI=1S/C30H43ClN2O4/c1-18-15-30(5,16-24(18)27(34)35)33-17-21-13-22(37-6)9-10-23(26(21)32-28(33)36)20-8-7-19(25(31)14-20)11-12-29(2,3)4/h7-8,14,17-18,22-24,26H,9-13,15-16H2,1-6H3,(H,32,36)(H,34,35)/t18?,22?,23?,24-,26?,30?/m0/s1. The number of methoxy groups -OCH3 is 1. The Balaban J connectivity index is 1.63. The van der Waals surface area contributed by atoms with Gasteiger partial charge in [-0.3, -0.25) is 9.69 Å². The van der Waals surface area contributed by atoms with Crippen LogP contribution in [0.3, 0.4) is 0 Å². The molecule has 204 valence electrons. The second kappa shape index (κ2) is 10.6. The summed E-state index contributed by atoms with van der Waals surface area (Å²) in [5, 5.41) is 13.8. The van der Waals surface area contributed by atoms with E-state index in [0.29, 0.717) is 12.8 Å². The van der Waals surface area contributed by atoms with E-state index in [0.717, 1.165) is 53.8 Å². The Kier molecular flexibility index (Phi) is 8.02. The molecule has 2 fully saturated rings. The van der Waals surface area contributed by atoms with E-state index in [1.807, 2.05) is 20.0 Å². The summed E-state index contributed by atoms with van der Waals surface area (Å²) >= 11 is 6.78. The van der Waals surface area contributed by atoms with Crippen LogP contribution in [0.15, 0.2) is 30.0 Å². The summed E-state index contributed by atoms with van der Waals surface area (Å²) in [6, 6.07) is 6.12. The number of carboxylic acid groups (broad SMARTS) is 1. The highest BCUT2D eigenvalue weighted by Gasteiger charge is 2.50. The van der Waals surface area contributed by atoms with Gasteiger partial charge in [0.1, 0.15) is 0 Å². The van der Waals surface area contributed by atoms with Crippen molar-refractivity contribution in [2.75, 3.05) is 7.11 Å². The lowest BCUT2D eigenvalue weighted by molar-refractivity contribution is -0.142. The number of nitrogens with zero attached hydrogens (tertiary/aromatic N) is 1. The van der Waals surface area contributed by atoms with Crippen molar-refractivity contribution in [2.45, 2.75) is 103 Å². The number of aryl methyl sites for hydroxylation is 1. The van der Waals surface area contributed by atoms with Crippen molar-refractivity contribution in [3.63, 3.8) is 0 Å². The lowest BCUT2D eigenvalue weighted by atomic mass is 9.83. The predicted molar refractivity (Wildman–Crippen MR) is 147 cm³/mol. The molecule has 1 aromatic rings. The SMILES string of the molecule is COC1CCC(c2ccc(CCC(C)(C)C)c(Cl)c2)C2NC(=O)N(C3(C)CC(C)[C@@H](C(=O)O)C3)C=C2C1. The predicted octanol–water partition coefficient (Wildman–Crippen LogP) is 6.77. The maximum absolute atomic E-state index is 13.5. The molecule has 1 aromatic carbocycles. The molecule has 7 heteroatoms. The second-order valence-electron chi connectivity index (χ2n) is 13.0. The van der Waals surface area contributed by atoms with Crippen LogP contribution in [0.25, 0.3) is 0 Å². The van der Waals surface area contributed by atoms with Gasteiger partial charge in [-0.25, -0.2) is 4.79 Å². The minimum atomic E-state index is -0.782. The molecule has 0 spiro atoms. The Hall–Kier alpha value is -2.05. The average molecular weight is 531 g/mol. The van der Waals surface area contributed by atoms with Gasteiger partial charge in [0, 0.05) is 29.8 Å². The third kappa shape index (κ3) is 6.01. The molecule has 6 atom stereocenters. The smallest absolute Gasteiger partial charge is 0.322 e. The molecule has 2 saturated carbocycles. The molecule has 1 heterocycles. The van der Waals surface area contributed by atoms with Crippen LogP contribution >= 0.6 is 11.6 Å². The fourth-order valence-electron chi connectivity index (χ4n) is 6.63. The average Bonchev–Trinajstić information content (AvgIpc) is 3.01. The summed E-state index contributed by atoms with van der Waals surface area (Å²) < 4.78 is 5.81. The Morgan fingerprint density at radius 1 is 1.27 bits per heavy atom. The Labute approximate surface area is 226 Å². The molecule has 2 aliphatic carbocycles. The molecule has 37 heavy (non-hydrogen) atoms. The first-order chi connectivity index (χ1) is 17.3. The zero-order valence-corrected chi connectivity index (χ0v) is 23.9. The summed E-state index contributed by atoms with van der Waals surface area (Å²) in [5.74, 6) is -1.12. The van der Waals surface area contributed by atoms with E-state index in [1.54, 1.807) is 12.0 Å². The number of rotatable bonds is 6. The van der Waals surface area contributed by atoms with E-state index in [2.05, 4.69) is 44.3 Å². The number of amides is 2. The summed E-state index contributed by atoms with van der Waals surface area (Å²) in [7, 11) is 1.75. The molecule has 4 rings (SSSR count). The number of nitrogens with one attached hydrogen (secondary N) is 1. The van der Waals surface area contributed by atoms with E-state index in [9.17, 15) is 14.7 Å². The normalized spacial score (nSPS) is 32.4. The number of carbonyl (C=O) groups is 2. The van der Waals surface area contributed by atoms with Gasteiger partial charge in [0.2, 0.25) is 0 Å². The first-order valence-electron chi connectivity index (χ1n) is 13.7. The van der Waals surface area contributed by atoms with Crippen molar-refractivity contribution >= 4 is 23.6 Å². The molecule has 2 amide bonds. The highest BCUT2D eigenvalue weighted by molar-refractivity contribution is 6.31. The van der Waals surface area contributed by atoms with E-state index in [-0.39, 0.29) is 35.4 Å². The summed E-state index contributed by atoms with van der Waals surface area (Å²) in [6.45, 7) is 10.7. The summed E-state index contributed by atoms with van der Waals surface area (Å²) in [5.41, 5.74) is 3.14. The third-order valence-electron chi connectivity index (χ3n) is 8.85. The first kappa shape index (κ1) is 28.0. The number of benzene rings is 1. The number of fused-ring (bicyclic) bond motifs is 1. The molecule has 1 aliphatic heterocycles. The van der Waals surface area contributed by atoms with Crippen molar-refractivity contribution in [3.05, 3.63) is 46.1 Å². The van der Waals surface area contributed by atoms with E-state index in [1.165, 1.54) is 0 Å². The Morgan fingerprint density at radius 3 is 2.59 bits per heavy atom. The van der Waals surface area contributed by atoms with E-state index >= 15 is 0 Å². The summed E-state index contributed by atoms with van der Waals surface area (Å²) in [6.07, 6.45) is 7.70. The molecule has 5 unspecified atom stereocenters. The van der Waals surface area contributed by atoms with Gasteiger partial charge in [-0.05, 0) is 86.0 Å². The topological polar surface area (TPSA) is 78.9 Å². The largest absolute Gasteiger partial charge is 0.481 e. The molecule has 0 radical (unpaired) electrons. The van der Waals surface area contributed by atoms with Crippen LogP contribution in [0.2, 0.25) is 5.02 Å². The van der Waals surface area contributed by atoms with Gasteiger partial charge < -0.3 is 15.2 Å². The van der Waals surface area contributed by atoms with Gasteiger partial charge in [-0.2, -0.15) is 0 Å². The van der Waals surface area contributed by atoms with Crippen molar-refractivity contribution in [1.82, 2.24) is 10.2 Å². The van der Waals surface area contributed by atoms with Gasteiger partial charge in [0.25, 0.3) is 0 Å². The van der Waals surface area contributed by atoms with Crippen LogP contribution in [0.4, 0.5) is 4.79 Å². The van der Waals surface area contributed by atoms with Crippen LogP contribution in [0.1, 0.15) is 90.2 Å². The Morgan fingerprint density at radius 2 is 2.00 bits per heavy atom. The number of hydrogen-bond acceptors (Lipinski definition) is 3. The minimum absolute atomic E-state index is 0.0129. The lowest BCUT2D eigenvalue weighted by Crippen LogP contribution is -2.56. The number of hydrogen-bond donors (Lipinski definition) is 2. The number of carboxylic acids is 1. The van der Waals surface area contributed by atoms with Crippen LogP contribution in [-0.4, -0.2) is 46.8 Å². The quantitative estimate of drug-likeness (QED) is 0.425. The minimum Gasteiger partial charge on any atom is -0.481 e. The lowest BCUT2D eigenvalue weighted by Gasteiger charge is -2.43. The van der Waals surface area contributed by atoms with Crippen molar-refractivity contribution in [3.8, 4) is 0 Å². The number of ether oxygens (including phenoxy) is 1. The third-order valence-corrected chi connectivity index (χ3v) is 9.20. The van der Waals surface area contributed by atoms with Crippen molar-refractivity contribution in [2.24, 2.45) is 17.3 Å². The van der Waals surface area contributed by atoms with E-state index in [4.69, 9.17) is 16.3 Å². The molecule has 6 nitrogen and oxygen atoms in total. The number of urea groups is 1. The fraction of sp³-hybridized carbons (Fsp3) is 0.667. The molecule has 0 saturated heterocycles. The summed E-state index contributed by atoms with van der Waals surface area (Å²) in [4.78, 5) is 27.1. The number of carbonyl (C=O) groups excluding carboxylic acids is 1. The zero-order valence-electron chi connectivity index (χ0n) is 23.1. The molecule has 2 N–H and O–H groups in total. The van der Waals surface area contributed by atoms with Crippen LogP contribution in [0, 0.1) is 17.3 Å². The number of aliphatic carboxylic acids is 1. The van der Waals surface area contributed by atoms with Crippen LogP contribution in [0.5, 0.6) is 0 Å². The van der Waals surface area contributed by atoms with Crippen molar-refractivity contribution in [1.29, 1.82) is 0 Å². The highest BCUT2D eigenvalue weighted by Crippen LogP contribution is 2.46. The monoisotopic (exact) mass is 530 g/mol.